The number of phenols is 1. The van der Waals surface area contributed by atoms with Gasteiger partial charge in [-0.1, -0.05) is 58.4 Å². The lowest BCUT2D eigenvalue weighted by molar-refractivity contribution is 0.436. The van der Waals surface area contributed by atoms with Crippen molar-refractivity contribution < 1.29 is 5.11 Å². The first-order valence-corrected chi connectivity index (χ1v) is 9.18. The summed E-state index contributed by atoms with van der Waals surface area (Å²) in [6, 6.07) is 5.67. The summed E-state index contributed by atoms with van der Waals surface area (Å²) < 4.78 is 0. The zero-order chi connectivity index (χ0) is 19.4. The van der Waals surface area contributed by atoms with E-state index in [-0.39, 0.29) is 16.6 Å². The quantitative estimate of drug-likeness (QED) is 0.560. The molecule has 5 heteroatoms. The van der Waals surface area contributed by atoms with E-state index in [4.69, 9.17) is 11.6 Å². The summed E-state index contributed by atoms with van der Waals surface area (Å²) in [7, 11) is 0. The number of nitrogens with zero attached hydrogens (tertiary/aromatic N) is 2. The number of aryl methyl sites for hydroxylation is 1. The minimum atomic E-state index is -0.225. The number of H-pyrrole nitrogens is 1. The summed E-state index contributed by atoms with van der Waals surface area (Å²) in [6.07, 6.45) is 0. The molecule has 0 saturated carbocycles. The van der Waals surface area contributed by atoms with Crippen LogP contribution in [0.2, 0.25) is 5.02 Å². The Hall–Kier alpha value is -2.07. The van der Waals surface area contributed by atoms with Crippen molar-refractivity contribution in [2.75, 3.05) is 0 Å². The number of fused-ring (bicyclic) bond motifs is 1. The molecule has 0 radical (unpaired) electrons. The molecule has 3 aromatic rings. The molecule has 2 aromatic carbocycles. The Morgan fingerprint density at radius 1 is 1.00 bits per heavy atom. The Morgan fingerprint density at radius 2 is 1.62 bits per heavy atom. The molecule has 4 nitrogen and oxygen atoms in total. The number of aromatic nitrogens is 3. The molecular weight excluding hydrogens is 346 g/mol. The van der Waals surface area contributed by atoms with E-state index in [2.05, 4.69) is 63.9 Å². The summed E-state index contributed by atoms with van der Waals surface area (Å²) >= 11 is 6.52. The van der Waals surface area contributed by atoms with Crippen LogP contribution in [0.15, 0.2) is 18.2 Å². The molecular formula is C21H26ClN3O. The smallest absolute Gasteiger partial charge is 0.127 e. The van der Waals surface area contributed by atoms with E-state index in [1.807, 2.05) is 18.2 Å². The van der Waals surface area contributed by atoms with Gasteiger partial charge in [-0.3, -0.25) is 5.10 Å². The highest BCUT2D eigenvalue weighted by Gasteiger charge is 2.32. The monoisotopic (exact) mass is 371 g/mol. The molecule has 26 heavy (non-hydrogen) atoms. The lowest BCUT2D eigenvalue weighted by Gasteiger charge is -2.33. The van der Waals surface area contributed by atoms with Crippen LogP contribution in [-0.4, -0.2) is 20.5 Å². The number of hydrogen-bond acceptors (Lipinski definition) is 3. The number of halogens is 1. The number of nitrogens with one attached hydrogen (secondary N) is 1. The van der Waals surface area contributed by atoms with Crippen LogP contribution in [0, 0.1) is 6.92 Å². The largest absolute Gasteiger partial charge is 0.507 e. The van der Waals surface area contributed by atoms with Gasteiger partial charge in [-0.2, -0.15) is 0 Å². The first kappa shape index (κ1) is 18.7. The zero-order valence-corrected chi connectivity index (χ0v) is 17.2. The van der Waals surface area contributed by atoms with Crippen molar-refractivity contribution in [3.05, 3.63) is 39.9 Å². The van der Waals surface area contributed by atoms with Crippen LogP contribution in [0.4, 0.5) is 0 Å². The molecule has 0 unspecified atom stereocenters. The van der Waals surface area contributed by atoms with Gasteiger partial charge in [0.1, 0.15) is 11.3 Å². The summed E-state index contributed by atoms with van der Waals surface area (Å²) in [5, 5.41) is 22.8. The van der Waals surface area contributed by atoms with Gasteiger partial charge in [-0.25, -0.2) is 0 Å². The first-order chi connectivity index (χ1) is 11.9. The predicted molar refractivity (Wildman–Crippen MR) is 108 cm³/mol. The van der Waals surface area contributed by atoms with Crippen LogP contribution in [0.3, 0.4) is 0 Å². The number of aromatic amines is 1. The number of phenolic OH excluding ortho intramolecular Hbond substituents is 1. The Labute approximate surface area is 159 Å². The molecule has 0 bridgehead atoms. The van der Waals surface area contributed by atoms with E-state index in [1.54, 1.807) is 0 Å². The van der Waals surface area contributed by atoms with E-state index in [0.717, 1.165) is 16.6 Å². The Morgan fingerprint density at radius 3 is 2.19 bits per heavy atom. The van der Waals surface area contributed by atoms with Gasteiger partial charge >= 0.3 is 0 Å². The highest BCUT2D eigenvalue weighted by Crippen LogP contribution is 2.48. The second-order valence-corrected chi connectivity index (χ2v) is 9.38. The van der Waals surface area contributed by atoms with Gasteiger partial charge in [0, 0.05) is 16.7 Å². The predicted octanol–water partition coefficient (Wildman–Crippen LogP) is 5.89. The third kappa shape index (κ3) is 2.96. The third-order valence-electron chi connectivity index (χ3n) is 4.71. The van der Waals surface area contributed by atoms with Crippen LogP contribution < -0.4 is 0 Å². The van der Waals surface area contributed by atoms with Crippen molar-refractivity contribution in [1.82, 2.24) is 15.4 Å². The highest BCUT2D eigenvalue weighted by molar-refractivity contribution is 6.35. The van der Waals surface area contributed by atoms with Gasteiger partial charge in [0.15, 0.2) is 0 Å². The van der Waals surface area contributed by atoms with Crippen LogP contribution in [0.5, 0.6) is 5.75 Å². The van der Waals surface area contributed by atoms with Gasteiger partial charge in [0.2, 0.25) is 0 Å². The molecule has 0 saturated heterocycles. The Kier molecular flexibility index (Phi) is 4.31. The molecule has 138 valence electrons. The number of rotatable bonds is 1. The van der Waals surface area contributed by atoms with Crippen molar-refractivity contribution >= 4 is 22.6 Å². The minimum absolute atomic E-state index is 0.0909. The van der Waals surface area contributed by atoms with E-state index < -0.39 is 0 Å². The van der Waals surface area contributed by atoms with Crippen LogP contribution in [0.25, 0.3) is 22.2 Å². The van der Waals surface area contributed by atoms with Gasteiger partial charge in [0.25, 0.3) is 0 Å². The lowest BCUT2D eigenvalue weighted by atomic mass is 9.71. The Bertz CT molecular complexity index is 991. The van der Waals surface area contributed by atoms with E-state index in [9.17, 15) is 5.11 Å². The average molecular weight is 372 g/mol. The van der Waals surface area contributed by atoms with E-state index in [0.29, 0.717) is 21.7 Å². The molecule has 1 aromatic heterocycles. The Balaban J connectivity index is 2.47. The molecule has 0 aliphatic rings. The number of benzene rings is 2. The second kappa shape index (κ2) is 5.98. The fourth-order valence-corrected chi connectivity index (χ4v) is 4.09. The summed E-state index contributed by atoms with van der Waals surface area (Å²) in [5.41, 5.74) is 5.81. The molecule has 0 atom stereocenters. The maximum Gasteiger partial charge on any atom is 0.127 e. The van der Waals surface area contributed by atoms with Crippen molar-refractivity contribution in [3.8, 4) is 16.9 Å². The molecule has 0 fully saturated rings. The van der Waals surface area contributed by atoms with Gasteiger partial charge in [-0.05, 0) is 47.1 Å². The molecule has 0 spiro atoms. The standard InChI is InChI=1S/C21H26ClN3O/c1-11-10-12(15-13(22)8-9-14-18(15)24-25-23-14)19(26)17(21(5,6)7)16(11)20(2,3)4/h8-10,26H,1-7H3,(H,23,24,25). The van der Waals surface area contributed by atoms with E-state index >= 15 is 0 Å². The average Bonchev–Trinajstić information content (AvgIpc) is 2.95. The molecule has 0 aliphatic heterocycles. The fraction of sp³-hybridized carbons (Fsp3) is 0.429. The third-order valence-corrected chi connectivity index (χ3v) is 5.03. The minimum Gasteiger partial charge on any atom is -0.507 e. The molecule has 1 heterocycles. The highest BCUT2D eigenvalue weighted by atomic mass is 35.5. The molecule has 2 N–H and O–H groups in total. The summed E-state index contributed by atoms with van der Waals surface area (Å²) in [4.78, 5) is 0. The normalized spacial score (nSPS) is 12.8. The summed E-state index contributed by atoms with van der Waals surface area (Å²) in [6.45, 7) is 15.0. The van der Waals surface area contributed by atoms with Crippen molar-refractivity contribution in [1.29, 1.82) is 0 Å². The van der Waals surface area contributed by atoms with Gasteiger partial charge in [-0.15, -0.1) is 5.10 Å². The molecule has 0 aliphatic carbocycles. The van der Waals surface area contributed by atoms with Crippen LogP contribution in [0.1, 0.15) is 58.2 Å². The molecule has 3 rings (SSSR count). The fourth-order valence-electron chi connectivity index (χ4n) is 3.84. The van der Waals surface area contributed by atoms with Crippen molar-refractivity contribution in [2.24, 2.45) is 0 Å². The van der Waals surface area contributed by atoms with E-state index in [1.165, 1.54) is 5.56 Å². The lowest BCUT2D eigenvalue weighted by Crippen LogP contribution is -2.23. The van der Waals surface area contributed by atoms with Gasteiger partial charge in [0.05, 0.1) is 10.5 Å². The zero-order valence-electron chi connectivity index (χ0n) is 16.5. The second-order valence-electron chi connectivity index (χ2n) is 8.97. The SMILES string of the molecule is Cc1cc(-c2c(Cl)ccc3[nH]nnc23)c(O)c(C(C)(C)C)c1C(C)(C)C. The summed E-state index contributed by atoms with van der Waals surface area (Å²) in [5.74, 6) is 0.269. The topological polar surface area (TPSA) is 61.8 Å². The van der Waals surface area contributed by atoms with Crippen LogP contribution in [-0.2, 0) is 10.8 Å². The molecule has 0 amide bonds. The number of hydrogen-bond donors (Lipinski definition) is 2. The van der Waals surface area contributed by atoms with Crippen molar-refractivity contribution in [2.45, 2.75) is 59.3 Å². The maximum absolute atomic E-state index is 11.4. The van der Waals surface area contributed by atoms with Crippen LogP contribution >= 0.6 is 11.6 Å². The maximum atomic E-state index is 11.4. The van der Waals surface area contributed by atoms with Crippen molar-refractivity contribution in [3.63, 3.8) is 0 Å². The number of aromatic hydroxyl groups is 1. The van der Waals surface area contributed by atoms with Gasteiger partial charge < -0.3 is 5.11 Å². The first-order valence-electron chi connectivity index (χ1n) is 8.80.